The maximum absolute atomic E-state index is 12.1. The van der Waals surface area contributed by atoms with Crippen molar-refractivity contribution in [2.24, 2.45) is 5.41 Å². The van der Waals surface area contributed by atoms with Crippen LogP contribution in [0.3, 0.4) is 0 Å². The van der Waals surface area contributed by atoms with Gasteiger partial charge < -0.3 is 14.6 Å². The molecule has 2 rings (SSSR count). The molecule has 0 spiro atoms. The van der Waals surface area contributed by atoms with Crippen LogP contribution in [0, 0.1) is 5.41 Å². The van der Waals surface area contributed by atoms with Crippen molar-refractivity contribution < 1.29 is 24.2 Å². The first kappa shape index (κ1) is 15.4. The molecule has 1 aromatic carbocycles. The first-order valence-electron chi connectivity index (χ1n) is 7.13. The third kappa shape index (κ3) is 3.17. The Hall–Kier alpha value is -2.04. The highest BCUT2D eigenvalue weighted by Gasteiger charge is 2.46. The molecule has 1 atom stereocenters. The molecule has 0 aliphatic heterocycles. The first-order chi connectivity index (χ1) is 10.1. The van der Waals surface area contributed by atoms with E-state index in [2.05, 4.69) is 0 Å². The Balaban J connectivity index is 2.03. The summed E-state index contributed by atoms with van der Waals surface area (Å²) in [6, 6.07) is 7.18. The zero-order valence-electron chi connectivity index (χ0n) is 12.1. The highest BCUT2D eigenvalue weighted by atomic mass is 16.5. The molecule has 1 aliphatic rings. The lowest BCUT2D eigenvalue weighted by Crippen LogP contribution is -2.42. The number of carbonyl (C=O) groups excluding carboxylic acids is 1. The van der Waals surface area contributed by atoms with E-state index in [0.717, 1.165) is 12.8 Å². The SMILES string of the molecule is COc1ccccc1OCCC1(C(=O)O)CCCCC1=O. The van der Waals surface area contributed by atoms with Gasteiger partial charge in [-0.15, -0.1) is 0 Å². The number of aliphatic carboxylic acids is 1. The van der Waals surface area contributed by atoms with Gasteiger partial charge in [0.25, 0.3) is 0 Å². The zero-order chi connectivity index (χ0) is 15.3. The van der Waals surface area contributed by atoms with Crippen molar-refractivity contribution in [2.75, 3.05) is 13.7 Å². The molecule has 0 aromatic heterocycles. The molecular formula is C16H20O5. The fourth-order valence-corrected chi connectivity index (χ4v) is 2.76. The monoisotopic (exact) mass is 292 g/mol. The predicted octanol–water partition coefficient (Wildman–Crippen LogP) is 2.68. The van der Waals surface area contributed by atoms with Crippen LogP contribution in [0.2, 0.25) is 0 Å². The number of carboxylic acid groups (broad SMARTS) is 1. The van der Waals surface area contributed by atoms with E-state index in [1.54, 1.807) is 19.2 Å². The van der Waals surface area contributed by atoms with Gasteiger partial charge in [-0.05, 0) is 25.0 Å². The Labute approximate surface area is 123 Å². The van der Waals surface area contributed by atoms with E-state index in [1.807, 2.05) is 12.1 Å². The molecule has 5 nitrogen and oxygen atoms in total. The molecule has 1 N–H and O–H groups in total. The van der Waals surface area contributed by atoms with Crippen LogP contribution in [0.5, 0.6) is 11.5 Å². The third-order valence-corrected chi connectivity index (χ3v) is 4.06. The summed E-state index contributed by atoms with van der Waals surface area (Å²) in [6.45, 7) is 0.179. The van der Waals surface area contributed by atoms with Gasteiger partial charge in [0.1, 0.15) is 11.2 Å². The zero-order valence-corrected chi connectivity index (χ0v) is 12.1. The highest BCUT2D eigenvalue weighted by molar-refractivity contribution is 6.03. The number of ketones is 1. The smallest absolute Gasteiger partial charge is 0.317 e. The van der Waals surface area contributed by atoms with E-state index >= 15 is 0 Å². The molecule has 114 valence electrons. The van der Waals surface area contributed by atoms with Crippen molar-refractivity contribution in [1.82, 2.24) is 0 Å². The van der Waals surface area contributed by atoms with Gasteiger partial charge in [-0.25, -0.2) is 0 Å². The van der Waals surface area contributed by atoms with Gasteiger partial charge in [0.15, 0.2) is 11.5 Å². The quantitative estimate of drug-likeness (QED) is 0.816. The van der Waals surface area contributed by atoms with Crippen LogP contribution >= 0.6 is 0 Å². The Morgan fingerprint density at radius 1 is 1.29 bits per heavy atom. The van der Waals surface area contributed by atoms with Crippen LogP contribution in [0.15, 0.2) is 24.3 Å². The number of Topliss-reactive ketones (excluding diaryl/α,β-unsaturated/α-hetero) is 1. The van der Waals surface area contributed by atoms with E-state index < -0.39 is 11.4 Å². The van der Waals surface area contributed by atoms with Gasteiger partial charge in [-0.2, -0.15) is 0 Å². The van der Waals surface area contributed by atoms with Gasteiger partial charge in [-0.3, -0.25) is 9.59 Å². The molecular weight excluding hydrogens is 272 g/mol. The lowest BCUT2D eigenvalue weighted by atomic mass is 9.71. The lowest BCUT2D eigenvalue weighted by molar-refractivity contribution is -0.158. The van der Waals surface area contributed by atoms with Gasteiger partial charge in [0.2, 0.25) is 0 Å². The van der Waals surface area contributed by atoms with Crippen LogP contribution in [-0.2, 0) is 9.59 Å². The number of ether oxygens (including phenoxy) is 2. The van der Waals surface area contributed by atoms with Crippen molar-refractivity contribution in [1.29, 1.82) is 0 Å². The van der Waals surface area contributed by atoms with Gasteiger partial charge in [-0.1, -0.05) is 18.6 Å². The maximum Gasteiger partial charge on any atom is 0.317 e. The number of carboxylic acids is 1. The van der Waals surface area contributed by atoms with Crippen LogP contribution in [0.4, 0.5) is 0 Å². The third-order valence-electron chi connectivity index (χ3n) is 4.06. The molecule has 1 fully saturated rings. The number of benzene rings is 1. The molecule has 1 saturated carbocycles. The van der Waals surface area contributed by atoms with Crippen molar-refractivity contribution in [3.63, 3.8) is 0 Å². The van der Waals surface area contributed by atoms with Crippen molar-refractivity contribution in [3.05, 3.63) is 24.3 Å². The molecule has 0 radical (unpaired) electrons. The average molecular weight is 292 g/mol. The summed E-state index contributed by atoms with van der Waals surface area (Å²) >= 11 is 0. The Morgan fingerprint density at radius 2 is 2.00 bits per heavy atom. The molecule has 0 saturated heterocycles. The van der Waals surface area contributed by atoms with Crippen molar-refractivity contribution in [2.45, 2.75) is 32.1 Å². The number of hydrogen-bond acceptors (Lipinski definition) is 4. The number of hydrogen-bond donors (Lipinski definition) is 1. The fraction of sp³-hybridized carbons (Fsp3) is 0.500. The minimum Gasteiger partial charge on any atom is -0.493 e. The Morgan fingerprint density at radius 3 is 2.62 bits per heavy atom. The second-order valence-electron chi connectivity index (χ2n) is 5.27. The number of para-hydroxylation sites is 2. The Bertz CT molecular complexity index is 525. The molecule has 0 bridgehead atoms. The molecule has 0 heterocycles. The summed E-state index contributed by atoms with van der Waals surface area (Å²) < 4.78 is 10.8. The van der Waals surface area contributed by atoms with E-state index in [-0.39, 0.29) is 18.8 Å². The summed E-state index contributed by atoms with van der Waals surface area (Å²) in [5.41, 5.74) is -1.28. The summed E-state index contributed by atoms with van der Waals surface area (Å²) in [5, 5.41) is 9.46. The number of rotatable bonds is 6. The molecule has 1 aromatic rings. The molecule has 0 amide bonds. The summed E-state index contributed by atoms with van der Waals surface area (Å²) in [7, 11) is 1.55. The topological polar surface area (TPSA) is 72.8 Å². The predicted molar refractivity (Wildman–Crippen MR) is 76.6 cm³/mol. The number of methoxy groups -OCH3 is 1. The summed E-state index contributed by atoms with van der Waals surface area (Å²) in [5.74, 6) is -0.0543. The van der Waals surface area contributed by atoms with Crippen LogP contribution in [-0.4, -0.2) is 30.6 Å². The van der Waals surface area contributed by atoms with Crippen molar-refractivity contribution >= 4 is 11.8 Å². The van der Waals surface area contributed by atoms with Crippen LogP contribution < -0.4 is 9.47 Å². The van der Waals surface area contributed by atoms with E-state index in [1.165, 1.54) is 0 Å². The minimum atomic E-state index is -1.28. The molecule has 1 unspecified atom stereocenters. The molecule has 21 heavy (non-hydrogen) atoms. The molecule has 5 heteroatoms. The van der Waals surface area contributed by atoms with Crippen LogP contribution in [0.1, 0.15) is 32.1 Å². The highest BCUT2D eigenvalue weighted by Crippen LogP contribution is 2.37. The summed E-state index contributed by atoms with van der Waals surface area (Å²) in [6.07, 6.45) is 2.49. The molecule has 1 aliphatic carbocycles. The van der Waals surface area contributed by atoms with E-state index in [0.29, 0.717) is 24.3 Å². The first-order valence-corrected chi connectivity index (χ1v) is 7.13. The second kappa shape index (κ2) is 6.61. The number of carbonyl (C=O) groups is 2. The fourth-order valence-electron chi connectivity index (χ4n) is 2.76. The maximum atomic E-state index is 12.1. The Kier molecular flexibility index (Phi) is 4.83. The van der Waals surface area contributed by atoms with Gasteiger partial charge >= 0.3 is 5.97 Å². The van der Waals surface area contributed by atoms with Gasteiger partial charge in [0.05, 0.1) is 13.7 Å². The largest absolute Gasteiger partial charge is 0.493 e. The average Bonchev–Trinajstić information content (AvgIpc) is 2.49. The van der Waals surface area contributed by atoms with E-state index in [4.69, 9.17) is 9.47 Å². The van der Waals surface area contributed by atoms with E-state index in [9.17, 15) is 14.7 Å². The standard InChI is InChI=1S/C16H20O5/c1-20-12-6-2-3-7-13(12)21-11-10-16(15(18)19)9-5-4-8-14(16)17/h2-3,6-7H,4-5,8-11H2,1H3,(H,18,19). The second-order valence-corrected chi connectivity index (χ2v) is 5.27. The summed E-state index contributed by atoms with van der Waals surface area (Å²) in [4.78, 5) is 23.6. The van der Waals surface area contributed by atoms with Crippen LogP contribution in [0.25, 0.3) is 0 Å². The van der Waals surface area contributed by atoms with Gasteiger partial charge in [0, 0.05) is 12.8 Å². The van der Waals surface area contributed by atoms with Crippen molar-refractivity contribution in [3.8, 4) is 11.5 Å². The minimum absolute atomic E-state index is 0.176. The normalized spacial score (nSPS) is 21.9. The lowest BCUT2D eigenvalue weighted by Gasteiger charge is -2.31.